The number of carbonyl (C=O) groups excluding carboxylic acids is 1. The standard InChI is InChI=1S/C11H12BrNO4/c1-2-5-17-11-4-3-8(10(14)7-12)6-9(11)13(15)16/h3-4,6H,2,5,7H2,1H3. The first kappa shape index (κ1) is 13.6. The van der Waals surface area contributed by atoms with Crippen LogP contribution in [0, 0.1) is 10.1 Å². The second-order valence-corrected chi connectivity index (χ2v) is 3.91. The zero-order valence-electron chi connectivity index (χ0n) is 9.31. The Kier molecular flexibility index (Phi) is 5.09. The van der Waals surface area contributed by atoms with E-state index in [1.165, 1.54) is 18.2 Å². The van der Waals surface area contributed by atoms with E-state index < -0.39 is 4.92 Å². The molecule has 0 fully saturated rings. The lowest BCUT2D eigenvalue weighted by Crippen LogP contribution is -2.04. The van der Waals surface area contributed by atoms with Crippen LogP contribution in [-0.2, 0) is 0 Å². The number of Topliss-reactive ketones (excluding diaryl/α,β-unsaturated/α-hetero) is 1. The molecule has 0 atom stereocenters. The van der Waals surface area contributed by atoms with Gasteiger partial charge in [-0.2, -0.15) is 0 Å². The second-order valence-electron chi connectivity index (χ2n) is 3.34. The maximum Gasteiger partial charge on any atom is 0.311 e. The van der Waals surface area contributed by atoms with E-state index in [1.807, 2.05) is 6.92 Å². The number of nitro groups is 1. The molecule has 0 radical (unpaired) electrons. The second kappa shape index (κ2) is 6.34. The number of ether oxygens (including phenoxy) is 1. The monoisotopic (exact) mass is 301 g/mol. The van der Waals surface area contributed by atoms with Gasteiger partial charge in [0.05, 0.1) is 16.9 Å². The van der Waals surface area contributed by atoms with Crippen molar-refractivity contribution in [2.45, 2.75) is 13.3 Å². The smallest absolute Gasteiger partial charge is 0.311 e. The first-order valence-electron chi connectivity index (χ1n) is 5.10. The number of benzene rings is 1. The normalized spacial score (nSPS) is 10.0. The number of halogens is 1. The van der Waals surface area contributed by atoms with E-state index in [2.05, 4.69) is 15.9 Å². The zero-order chi connectivity index (χ0) is 12.8. The summed E-state index contributed by atoms with van der Waals surface area (Å²) in [6.45, 7) is 2.32. The molecule has 1 aromatic rings. The molecule has 0 unspecified atom stereocenters. The van der Waals surface area contributed by atoms with Crippen molar-refractivity contribution in [3.8, 4) is 5.75 Å². The number of alkyl halides is 1. The molecule has 1 aromatic carbocycles. The molecule has 0 aromatic heterocycles. The summed E-state index contributed by atoms with van der Waals surface area (Å²) in [5.74, 6) is -0.00175. The summed E-state index contributed by atoms with van der Waals surface area (Å²) in [5, 5.41) is 11.0. The highest BCUT2D eigenvalue weighted by atomic mass is 79.9. The molecule has 0 amide bonds. The van der Waals surface area contributed by atoms with E-state index in [9.17, 15) is 14.9 Å². The maximum atomic E-state index is 11.4. The molecule has 92 valence electrons. The third kappa shape index (κ3) is 3.52. The van der Waals surface area contributed by atoms with Gasteiger partial charge in [-0.15, -0.1) is 0 Å². The van der Waals surface area contributed by atoms with Gasteiger partial charge in [0.25, 0.3) is 0 Å². The molecule has 0 saturated heterocycles. The van der Waals surface area contributed by atoms with Crippen LogP contribution in [0.2, 0.25) is 0 Å². The third-order valence-electron chi connectivity index (χ3n) is 2.06. The van der Waals surface area contributed by atoms with Gasteiger partial charge in [-0.3, -0.25) is 14.9 Å². The molecule has 0 aliphatic rings. The Morgan fingerprint density at radius 3 is 2.76 bits per heavy atom. The lowest BCUT2D eigenvalue weighted by atomic mass is 10.1. The molecule has 0 saturated carbocycles. The first-order valence-corrected chi connectivity index (χ1v) is 6.22. The van der Waals surface area contributed by atoms with Crippen molar-refractivity contribution in [2.24, 2.45) is 0 Å². The van der Waals surface area contributed by atoms with Crippen molar-refractivity contribution in [1.29, 1.82) is 0 Å². The van der Waals surface area contributed by atoms with Crippen LogP contribution in [0.15, 0.2) is 18.2 Å². The minimum absolute atomic E-state index is 0.138. The van der Waals surface area contributed by atoms with E-state index in [1.54, 1.807) is 0 Å². The molecule has 17 heavy (non-hydrogen) atoms. The third-order valence-corrected chi connectivity index (χ3v) is 2.57. The van der Waals surface area contributed by atoms with Crippen LogP contribution in [0.4, 0.5) is 5.69 Å². The summed E-state index contributed by atoms with van der Waals surface area (Å²) in [7, 11) is 0. The van der Waals surface area contributed by atoms with Gasteiger partial charge in [-0.25, -0.2) is 0 Å². The molecule has 6 heteroatoms. The van der Waals surface area contributed by atoms with Gasteiger partial charge in [0.2, 0.25) is 0 Å². The Bertz CT molecular complexity index is 433. The Hall–Kier alpha value is -1.43. The van der Waals surface area contributed by atoms with Gasteiger partial charge in [0.1, 0.15) is 0 Å². The highest BCUT2D eigenvalue weighted by Crippen LogP contribution is 2.28. The molecule has 1 rings (SSSR count). The van der Waals surface area contributed by atoms with Crippen LogP contribution in [0.5, 0.6) is 5.75 Å². The predicted octanol–water partition coefficient (Wildman–Crippen LogP) is 2.96. The summed E-state index contributed by atoms with van der Waals surface area (Å²) in [6, 6.07) is 4.24. The molecule has 5 nitrogen and oxygen atoms in total. The van der Waals surface area contributed by atoms with E-state index in [4.69, 9.17) is 4.74 Å². The van der Waals surface area contributed by atoms with E-state index >= 15 is 0 Å². The first-order chi connectivity index (χ1) is 8.10. The molecular weight excluding hydrogens is 290 g/mol. The van der Waals surface area contributed by atoms with Crippen LogP contribution in [0.1, 0.15) is 23.7 Å². The molecule has 0 bridgehead atoms. The lowest BCUT2D eigenvalue weighted by Gasteiger charge is -2.06. The maximum absolute atomic E-state index is 11.4. The Morgan fingerprint density at radius 2 is 2.24 bits per heavy atom. The number of nitro benzene ring substituents is 1. The fourth-order valence-electron chi connectivity index (χ4n) is 1.24. The summed E-state index contributed by atoms with van der Waals surface area (Å²) >= 11 is 3.02. The van der Waals surface area contributed by atoms with E-state index in [0.717, 1.165) is 6.42 Å². The number of rotatable bonds is 6. The van der Waals surface area contributed by atoms with Crippen LogP contribution in [-0.4, -0.2) is 22.6 Å². The van der Waals surface area contributed by atoms with Gasteiger partial charge in [0.15, 0.2) is 11.5 Å². The van der Waals surface area contributed by atoms with Gasteiger partial charge in [-0.05, 0) is 18.6 Å². The predicted molar refractivity (Wildman–Crippen MR) is 67.0 cm³/mol. The van der Waals surface area contributed by atoms with Crippen LogP contribution in [0.3, 0.4) is 0 Å². The average Bonchev–Trinajstić information content (AvgIpc) is 2.35. The van der Waals surface area contributed by atoms with Gasteiger partial charge in [-0.1, -0.05) is 22.9 Å². The van der Waals surface area contributed by atoms with Crippen LogP contribution < -0.4 is 4.74 Å². The van der Waals surface area contributed by atoms with Gasteiger partial charge in [0, 0.05) is 11.6 Å². The fraction of sp³-hybridized carbons (Fsp3) is 0.364. The van der Waals surface area contributed by atoms with Crippen molar-refractivity contribution >= 4 is 27.4 Å². The lowest BCUT2D eigenvalue weighted by molar-refractivity contribution is -0.385. The Labute approximate surface area is 107 Å². The molecule has 0 spiro atoms. The van der Waals surface area contributed by atoms with Crippen molar-refractivity contribution in [2.75, 3.05) is 11.9 Å². The van der Waals surface area contributed by atoms with Crippen molar-refractivity contribution in [1.82, 2.24) is 0 Å². The highest BCUT2D eigenvalue weighted by Gasteiger charge is 2.18. The summed E-state index contributed by atoms with van der Waals surface area (Å²) in [6.07, 6.45) is 0.763. The highest BCUT2D eigenvalue weighted by molar-refractivity contribution is 9.09. The Balaban J connectivity index is 3.08. The number of ketones is 1. The summed E-state index contributed by atoms with van der Waals surface area (Å²) < 4.78 is 5.25. The minimum atomic E-state index is -0.546. The summed E-state index contributed by atoms with van der Waals surface area (Å²) in [5.41, 5.74) is 0.127. The van der Waals surface area contributed by atoms with Crippen LogP contribution >= 0.6 is 15.9 Å². The molecule has 0 aliphatic heterocycles. The Morgan fingerprint density at radius 1 is 1.53 bits per heavy atom. The van der Waals surface area contributed by atoms with E-state index in [0.29, 0.717) is 12.2 Å². The molecule has 0 heterocycles. The number of nitrogens with zero attached hydrogens (tertiary/aromatic N) is 1. The summed E-state index contributed by atoms with van der Waals surface area (Å²) in [4.78, 5) is 21.7. The molecule has 0 N–H and O–H groups in total. The SMILES string of the molecule is CCCOc1ccc(C(=O)CBr)cc1[N+](=O)[O-]. The average molecular weight is 302 g/mol. The number of carbonyl (C=O) groups is 1. The quantitative estimate of drug-likeness (QED) is 0.350. The largest absolute Gasteiger partial charge is 0.487 e. The van der Waals surface area contributed by atoms with Crippen molar-refractivity contribution < 1.29 is 14.5 Å². The fourth-order valence-corrected chi connectivity index (χ4v) is 1.57. The van der Waals surface area contributed by atoms with Crippen LogP contribution in [0.25, 0.3) is 0 Å². The topological polar surface area (TPSA) is 69.4 Å². The van der Waals surface area contributed by atoms with Gasteiger partial charge < -0.3 is 4.74 Å². The zero-order valence-corrected chi connectivity index (χ0v) is 10.9. The van der Waals surface area contributed by atoms with Gasteiger partial charge >= 0.3 is 5.69 Å². The van der Waals surface area contributed by atoms with Crippen molar-refractivity contribution in [3.05, 3.63) is 33.9 Å². The number of hydrogen-bond acceptors (Lipinski definition) is 4. The minimum Gasteiger partial charge on any atom is -0.487 e. The van der Waals surface area contributed by atoms with E-state index in [-0.39, 0.29) is 22.6 Å². The molecular formula is C11H12BrNO4. The van der Waals surface area contributed by atoms with Crippen molar-refractivity contribution in [3.63, 3.8) is 0 Å². The number of hydrogen-bond donors (Lipinski definition) is 0. The molecule has 0 aliphatic carbocycles.